The first-order chi connectivity index (χ1) is 11.9. The van der Waals surface area contributed by atoms with Gasteiger partial charge in [-0.2, -0.15) is 0 Å². The van der Waals surface area contributed by atoms with Gasteiger partial charge in [0.05, 0.1) is 0 Å². The highest BCUT2D eigenvalue weighted by Gasteiger charge is 2.23. The summed E-state index contributed by atoms with van der Waals surface area (Å²) in [5.41, 5.74) is 3.37. The second-order valence-electron chi connectivity index (χ2n) is 7.97. The zero-order valence-electron chi connectivity index (χ0n) is 15.5. The summed E-state index contributed by atoms with van der Waals surface area (Å²) in [6.07, 6.45) is 1.12. The van der Waals surface area contributed by atoms with Gasteiger partial charge in [0.1, 0.15) is 0 Å². The van der Waals surface area contributed by atoms with Gasteiger partial charge in [0.25, 0.3) is 5.91 Å². The molecular weight excluding hydrogens is 308 g/mol. The molecule has 132 valence electrons. The maximum absolute atomic E-state index is 12.4. The van der Waals surface area contributed by atoms with E-state index in [-0.39, 0.29) is 11.3 Å². The van der Waals surface area contributed by atoms with Gasteiger partial charge in [-0.3, -0.25) is 4.79 Å². The summed E-state index contributed by atoms with van der Waals surface area (Å²) in [6, 6.07) is 18.5. The normalized spacial score (nSPS) is 17.6. The second kappa shape index (κ2) is 7.30. The molecule has 25 heavy (non-hydrogen) atoms. The van der Waals surface area contributed by atoms with Crippen LogP contribution in [0.4, 0.5) is 5.69 Å². The van der Waals surface area contributed by atoms with Crippen molar-refractivity contribution in [1.29, 1.82) is 0 Å². The zero-order chi connectivity index (χ0) is 17.9. The molecule has 0 spiro atoms. The Morgan fingerprint density at radius 3 is 2.40 bits per heavy atom. The number of nitrogens with one attached hydrogen (secondary N) is 1. The lowest BCUT2D eigenvalue weighted by Gasteiger charge is -2.19. The van der Waals surface area contributed by atoms with Crippen LogP contribution in [0, 0.1) is 5.92 Å². The fourth-order valence-electron chi connectivity index (χ4n) is 3.33. The Morgan fingerprint density at radius 1 is 1.08 bits per heavy atom. The standard InChI is InChI=1S/C22H28N2O/c1-22(2,3)19-11-9-18(10-12-19)21(25)23-15-17-13-14-24(16-17)20-7-5-4-6-8-20/h4-12,17H,13-16H2,1-3H3,(H,23,25). The molecule has 1 aliphatic rings. The van der Waals surface area contributed by atoms with Crippen LogP contribution in [0.2, 0.25) is 0 Å². The number of rotatable bonds is 4. The number of hydrogen-bond donors (Lipinski definition) is 1. The molecule has 2 aromatic carbocycles. The molecule has 2 aromatic rings. The average molecular weight is 336 g/mol. The highest BCUT2D eigenvalue weighted by molar-refractivity contribution is 5.94. The van der Waals surface area contributed by atoms with Gasteiger partial charge in [0, 0.05) is 30.9 Å². The molecule has 3 heteroatoms. The van der Waals surface area contributed by atoms with E-state index in [1.165, 1.54) is 11.3 Å². The Hall–Kier alpha value is -2.29. The molecule has 3 rings (SSSR count). The third kappa shape index (κ3) is 4.41. The van der Waals surface area contributed by atoms with Gasteiger partial charge in [-0.25, -0.2) is 0 Å². The molecule has 0 radical (unpaired) electrons. The van der Waals surface area contributed by atoms with Crippen LogP contribution in [0.25, 0.3) is 0 Å². The molecule has 1 saturated heterocycles. The van der Waals surface area contributed by atoms with Crippen LogP contribution in [-0.2, 0) is 5.41 Å². The number of nitrogens with zero attached hydrogens (tertiary/aromatic N) is 1. The lowest BCUT2D eigenvalue weighted by Crippen LogP contribution is -2.31. The van der Waals surface area contributed by atoms with Crippen LogP contribution in [0.1, 0.15) is 43.1 Å². The van der Waals surface area contributed by atoms with Gasteiger partial charge < -0.3 is 10.2 Å². The van der Waals surface area contributed by atoms with Crippen molar-refractivity contribution in [3.05, 3.63) is 65.7 Å². The Morgan fingerprint density at radius 2 is 1.76 bits per heavy atom. The Kier molecular flexibility index (Phi) is 5.12. The molecule has 3 nitrogen and oxygen atoms in total. The Labute approximate surface area is 151 Å². The van der Waals surface area contributed by atoms with E-state index in [0.29, 0.717) is 5.92 Å². The first-order valence-electron chi connectivity index (χ1n) is 9.12. The second-order valence-corrected chi connectivity index (χ2v) is 7.97. The lowest BCUT2D eigenvalue weighted by atomic mass is 9.87. The van der Waals surface area contributed by atoms with E-state index in [1.54, 1.807) is 0 Å². The fourth-order valence-corrected chi connectivity index (χ4v) is 3.33. The summed E-state index contributed by atoms with van der Waals surface area (Å²) >= 11 is 0. The number of anilines is 1. The summed E-state index contributed by atoms with van der Waals surface area (Å²) in [4.78, 5) is 14.8. The first kappa shape index (κ1) is 17.5. The molecular formula is C22H28N2O. The molecule has 1 unspecified atom stereocenters. The maximum Gasteiger partial charge on any atom is 0.251 e. The van der Waals surface area contributed by atoms with Crippen molar-refractivity contribution in [2.24, 2.45) is 5.92 Å². The molecule has 1 amide bonds. The number of amides is 1. The van der Waals surface area contributed by atoms with Crippen LogP contribution in [0.3, 0.4) is 0 Å². The van der Waals surface area contributed by atoms with Crippen molar-refractivity contribution in [2.45, 2.75) is 32.6 Å². The molecule has 0 saturated carbocycles. The molecule has 1 atom stereocenters. The predicted octanol–water partition coefficient (Wildman–Crippen LogP) is 4.24. The van der Waals surface area contributed by atoms with Gasteiger partial charge in [-0.1, -0.05) is 51.1 Å². The van der Waals surface area contributed by atoms with Crippen molar-refractivity contribution in [3.8, 4) is 0 Å². The van der Waals surface area contributed by atoms with Crippen LogP contribution < -0.4 is 10.2 Å². The third-order valence-electron chi connectivity index (χ3n) is 4.97. The van der Waals surface area contributed by atoms with E-state index in [4.69, 9.17) is 0 Å². The number of benzene rings is 2. The minimum Gasteiger partial charge on any atom is -0.371 e. The topological polar surface area (TPSA) is 32.3 Å². The van der Waals surface area contributed by atoms with Crippen molar-refractivity contribution >= 4 is 11.6 Å². The van der Waals surface area contributed by atoms with Gasteiger partial charge >= 0.3 is 0 Å². The maximum atomic E-state index is 12.4. The first-order valence-corrected chi connectivity index (χ1v) is 9.12. The van der Waals surface area contributed by atoms with E-state index in [2.05, 4.69) is 67.4 Å². The SMILES string of the molecule is CC(C)(C)c1ccc(C(=O)NCC2CCN(c3ccccc3)C2)cc1. The predicted molar refractivity (Wildman–Crippen MR) is 104 cm³/mol. The van der Waals surface area contributed by atoms with Gasteiger partial charge in [0.2, 0.25) is 0 Å². The highest BCUT2D eigenvalue weighted by Crippen LogP contribution is 2.24. The summed E-state index contributed by atoms with van der Waals surface area (Å²) in [6.45, 7) is 9.35. The fraction of sp³-hybridized carbons (Fsp3) is 0.409. The summed E-state index contributed by atoms with van der Waals surface area (Å²) < 4.78 is 0. The van der Waals surface area contributed by atoms with Gasteiger partial charge in [-0.05, 0) is 47.6 Å². The number of para-hydroxylation sites is 1. The Bertz CT molecular complexity index is 701. The highest BCUT2D eigenvalue weighted by atomic mass is 16.1. The van der Waals surface area contributed by atoms with E-state index in [0.717, 1.165) is 31.6 Å². The monoisotopic (exact) mass is 336 g/mol. The Balaban J connectivity index is 1.51. The lowest BCUT2D eigenvalue weighted by molar-refractivity contribution is 0.0948. The van der Waals surface area contributed by atoms with Crippen LogP contribution >= 0.6 is 0 Å². The van der Waals surface area contributed by atoms with Gasteiger partial charge in [0.15, 0.2) is 0 Å². The summed E-state index contributed by atoms with van der Waals surface area (Å²) in [5, 5.41) is 3.11. The quantitative estimate of drug-likeness (QED) is 0.906. The van der Waals surface area contributed by atoms with Crippen molar-refractivity contribution in [3.63, 3.8) is 0 Å². The van der Waals surface area contributed by atoms with Crippen molar-refractivity contribution in [2.75, 3.05) is 24.5 Å². The molecule has 1 heterocycles. The van der Waals surface area contributed by atoms with E-state index >= 15 is 0 Å². The van der Waals surface area contributed by atoms with E-state index in [9.17, 15) is 4.79 Å². The molecule has 0 bridgehead atoms. The number of carbonyl (C=O) groups excluding carboxylic acids is 1. The molecule has 1 N–H and O–H groups in total. The van der Waals surface area contributed by atoms with E-state index in [1.807, 2.05) is 18.2 Å². The van der Waals surface area contributed by atoms with Crippen molar-refractivity contribution < 1.29 is 4.79 Å². The molecule has 1 fully saturated rings. The van der Waals surface area contributed by atoms with E-state index < -0.39 is 0 Å². The minimum atomic E-state index is 0.0265. The third-order valence-corrected chi connectivity index (χ3v) is 4.97. The minimum absolute atomic E-state index is 0.0265. The van der Waals surface area contributed by atoms with Crippen LogP contribution in [0.5, 0.6) is 0 Å². The summed E-state index contributed by atoms with van der Waals surface area (Å²) in [5.74, 6) is 0.539. The molecule has 1 aliphatic heterocycles. The number of hydrogen-bond acceptors (Lipinski definition) is 2. The van der Waals surface area contributed by atoms with Crippen LogP contribution in [0.15, 0.2) is 54.6 Å². The smallest absolute Gasteiger partial charge is 0.251 e. The van der Waals surface area contributed by atoms with Gasteiger partial charge in [-0.15, -0.1) is 0 Å². The van der Waals surface area contributed by atoms with Crippen LogP contribution in [-0.4, -0.2) is 25.5 Å². The summed E-state index contributed by atoms with van der Waals surface area (Å²) in [7, 11) is 0. The number of carbonyl (C=O) groups is 1. The average Bonchev–Trinajstić information content (AvgIpc) is 3.09. The zero-order valence-corrected chi connectivity index (χ0v) is 15.5. The molecule has 0 aliphatic carbocycles. The molecule has 0 aromatic heterocycles. The van der Waals surface area contributed by atoms with Crippen molar-refractivity contribution in [1.82, 2.24) is 5.32 Å². The largest absolute Gasteiger partial charge is 0.371 e.